The van der Waals surface area contributed by atoms with Gasteiger partial charge in [-0.25, -0.2) is 4.79 Å². The SMILES string of the molecule is CC.Cc1cc(CNC(=O)OC(C)C)ccc1CC(=O)O. The highest BCUT2D eigenvalue weighted by Crippen LogP contribution is 2.12. The number of rotatable bonds is 5. The minimum atomic E-state index is -0.852. The maximum absolute atomic E-state index is 11.3. The number of nitrogens with one attached hydrogen (secondary N) is 1. The van der Waals surface area contributed by atoms with Crippen LogP contribution in [0.4, 0.5) is 4.79 Å². The molecule has 5 nitrogen and oxygen atoms in total. The van der Waals surface area contributed by atoms with Crippen molar-refractivity contribution < 1.29 is 19.4 Å². The highest BCUT2D eigenvalue weighted by atomic mass is 16.6. The second kappa shape index (κ2) is 9.80. The van der Waals surface area contributed by atoms with Crippen LogP contribution in [-0.4, -0.2) is 23.3 Å². The summed E-state index contributed by atoms with van der Waals surface area (Å²) in [5.74, 6) is -0.852. The second-order valence-corrected chi connectivity index (χ2v) is 4.64. The molecular weight excluding hydrogens is 270 g/mol. The van der Waals surface area contributed by atoms with E-state index < -0.39 is 12.1 Å². The van der Waals surface area contributed by atoms with Crippen molar-refractivity contribution in [1.82, 2.24) is 5.32 Å². The van der Waals surface area contributed by atoms with E-state index in [1.807, 2.05) is 26.8 Å². The molecule has 1 aromatic carbocycles. The zero-order chi connectivity index (χ0) is 16.4. The molecule has 0 fully saturated rings. The number of benzene rings is 1. The normalized spacial score (nSPS) is 9.62. The molecule has 1 amide bonds. The van der Waals surface area contributed by atoms with Crippen LogP contribution >= 0.6 is 0 Å². The van der Waals surface area contributed by atoms with Gasteiger partial charge in [0.25, 0.3) is 0 Å². The zero-order valence-electron chi connectivity index (χ0n) is 13.4. The standard InChI is InChI=1S/C14H19NO4.C2H6/c1-9(2)19-14(18)15-8-11-4-5-12(7-13(16)17)10(3)6-11;1-2/h4-6,9H,7-8H2,1-3H3,(H,15,18)(H,16,17);1-2H3. The van der Waals surface area contributed by atoms with Gasteiger partial charge in [-0.15, -0.1) is 0 Å². The molecule has 118 valence electrons. The Morgan fingerprint density at radius 1 is 1.29 bits per heavy atom. The van der Waals surface area contributed by atoms with Gasteiger partial charge in [0.2, 0.25) is 0 Å². The molecule has 0 aliphatic carbocycles. The lowest BCUT2D eigenvalue weighted by molar-refractivity contribution is -0.136. The van der Waals surface area contributed by atoms with E-state index in [4.69, 9.17) is 9.84 Å². The molecule has 1 rings (SSSR count). The number of hydrogen-bond donors (Lipinski definition) is 2. The zero-order valence-corrected chi connectivity index (χ0v) is 13.4. The molecule has 0 aromatic heterocycles. The van der Waals surface area contributed by atoms with Gasteiger partial charge in [-0.2, -0.15) is 0 Å². The van der Waals surface area contributed by atoms with E-state index in [1.54, 1.807) is 26.0 Å². The first kappa shape index (κ1) is 19.0. The van der Waals surface area contributed by atoms with Crippen LogP contribution in [0.2, 0.25) is 0 Å². The van der Waals surface area contributed by atoms with Crippen LogP contribution in [0.25, 0.3) is 0 Å². The first-order chi connectivity index (χ1) is 9.88. The molecule has 1 aromatic rings. The van der Waals surface area contributed by atoms with Crippen molar-refractivity contribution in [2.45, 2.75) is 53.7 Å². The predicted octanol–water partition coefficient (Wildman–Crippen LogP) is 3.28. The Morgan fingerprint density at radius 3 is 2.38 bits per heavy atom. The summed E-state index contributed by atoms with van der Waals surface area (Å²) in [6.07, 6.45) is -0.600. The van der Waals surface area contributed by atoms with Gasteiger partial charge in [-0.3, -0.25) is 4.79 Å². The Bertz CT molecular complexity index is 469. The number of carboxylic acid groups (broad SMARTS) is 1. The van der Waals surface area contributed by atoms with Crippen molar-refractivity contribution in [3.8, 4) is 0 Å². The summed E-state index contributed by atoms with van der Waals surface area (Å²) < 4.78 is 4.95. The first-order valence-electron chi connectivity index (χ1n) is 7.13. The summed E-state index contributed by atoms with van der Waals surface area (Å²) in [5, 5.41) is 11.4. The molecule has 0 saturated carbocycles. The lowest BCUT2D eigenvalue weighted by Gasteiger charge is -2.10. The maximum atomic E-state index is 11.3. The van der Waals surface area contributed by atoms with E-state index in [9.17, 15) is 9.59 Å². The van der Waals surface area contributed by atoms with E-state index in [0.29, 0.717) is 6.54 Å². The highest BCUT2D eigenvalue weighted by molar-refractivity contribution is 5.71. The van der Waals surface area contributed by atoms with Crippen molar-refractivity contribution >= 4 is 12.1 Å². The number of alkyl carbamates (subject to hydrolysis) is 1. The van der Waals surface area contributed by atoms with E-state index in [0.717, 1.165) is 16.7 Å². The summed E-state index contributed by atoms with van der Waals surface area (Å²) in [6.45, 7) is 9.78. The highest BCUT2D eigenvalue weighted by Gasteiger charge is 2.07. The quantitative estimate of drug-likeness (QED) is 0.874. The van der Waals surface area contributed by atoms with Crippen LogP contribution in [0.1, 0.15) is 44.4 Å². The van der Waals surface area contributed by atoms with Gasteiger partial charge in [-0.1, -0.05) is 32.0 Å². The average Bonchev–Trinajstić information content (AvgIpc) is 2.40. The summed E-state index contributed by atoms with van der Waals surface area (Å²) in [7, 11) is 0. The van der Waals surface area contributed by atoms with Gasteiger partial charge in [-0.05, 0) is 37.5 Å². The van der Waals surface area contributed by atoms with Crippen LogP contribution < -0.4 is 5.32 Å². The number of hydrogen-bond acceptors (Lipinski definition) is 3. The first-order valence-corrected chi connectivity index (χ1v) is 7.13. The van der Waals surface area contributed by atoms with E-state index in [1.165, 1.54) is 0 Å². The Labute approximate surface area is 126 Å². The Balaban J connectivity index is 0.00000191. The van der Waals surface area contributed by atoms with Gasteiger partial charge < -0.3 is 15.2 Å². The average molecular weight is 295 g/mol. The van der Waals surface area contributed by atoms with Crippen molar-refractivity contribution in [1.29, 1.82) is 0 Å². The Kier molecular flexibility index (Phi) is 8.85. The molecule has 0 spiro atoms. The lowest BCUT2D eigenvalue weighted by atomic mass is 10.0. The number of aryl methyl sites for hydroxylation is 1. The van der Waals surface area contributed by atoms with Gasteiger partial charge >= 0.3 is 12.1 Å². The fourth-order valence-corrected chi connectivity index (χ4v) is 1.66. The molecule has 0 saturated heterocycles. The molecule has 5 heteroatoms. The van der Waals surface area contributed by atoms with E-state index in [-0.39, 0.29) is 12.5 Å². The number of aliphatic carboxylic acids is 1. The number of carboxylic acids is 1. The van der Waals surface area contributed by atoms with E-state index in [2.05, 4.69) is 5.32 Å². The molecule has 0 aliphatic heterocycles. The van der Waals surface area contributed by atoms with Crippen molar-refractivity contribution in [3.63, 3.8) is 0 Å². The third-order valence-corrected chi connectivity index (χ3v) is 2.53. The number of carbonyl (C=O) groups excluding carboxylic acids is 1. The molecule has 0 heterocycles. The molecule has 21 heavy (non-hydrogen) atoms. The minimum Gasteiger partial charge on any atom is -0.481 e. The minimum absolute atomic E-state index is 0.00886. The van der Waals surface area contributed by atoms with Crippen molar-refractivity contribution in [2.24, 2.45) is 0 Å². The Morgan fingerprint density at radius 2 is 1.90 bits per heavy atom. The molecule has 2 N–H and O–H groups in total. The molecule has 0 aliphatic rings. The second-order valence-electron chi connectivity index (χ2n) is 4.64. The third-order valence-electron chi connectivity index (χ3n) is 2.53. The van der Waals surface area contributed by atoms with Crippen LogP contribution in [0.15, 0.2) is 18.2 Å². The molecule has 0 bridgehead atoms. The fraction of sp³-hybridized carbons (Fsp3) is 0.500. The van der Waals surface area contributed by atoms with Crippen LogP contribution in [-0.2, 0) is 22.5 Å². The van der Waals surface area contributed by atoms with Crippen LogP contribution in [0, 0.1) is 6.92 Å². The molecular formula is C16H25NO4. The largest absolute Gasteiger partial charge is 0.481 e. The summed E-state index contributed by atoms with van der Waals surface area (Å²) in [6, 6.07) is 5.45. The topological polar surface area (TPSA) is 75.6 Å². The maximum Gasteiger partial charge on any atom is 0.407 e. The number of amides is 1. The summed E-state index contributed by atoms with van der Waals surface area (Å²) in [5.41, 5.74) is 2.59. The van der Waals surface area contributed by atoms with Crippen LogP contribution in [0.5, 0.6) is 0 Å². The van der Waals surface area contributed by atoms with Crippen molar-refractivity contribution in [3.05, 3.63) is 34.9 Å². The lowest BCUT2D eigenvalue weighted by Crippen LogP contribution is -2.26. The van der Waals surface area contributed by atoms with Gasteiger partial charge in [0.1, 0.15) is 0 Å². The third kappa shape index (κ3) is 7.97. The van der Waals surface area contributed by atoms with Crippen LogP contribution in [0.3, 0.4) is 0 Å². The number of carbonyl (C=O) groups is 2. The predicted molar refractivity (Wildman–Crippen MR) is 82.3 cm³/mol. The van der Waals surface area contributed by atoms with Crippen molar-refractivity contribution in [2.75, 3.05) is 0 Å². The molecule has 0 atom stereocenters. The molecule has 0 unspecified atom stereocenters. The summed E-state index contributed by atoms with van der Waals surface area (Å²) >= 11 is 0. The number of ether oxygens (including phenoxy) is 1. The monoisotopic (exact) mass is 295 g/mol. The Hall–Kier alpha value is -2.04. The summed E-state index contributed by atoms with van der Waals surface area (Å²) in [4.78, 5) is 22.0. The smallest absolute Gasteiger partial charge is 0.407 e. The van der Waals surface area contributed by atoms with Gasteiger partial charge in [0.05, 0.1) is 12.5 Å². The van der Waals surface area contributed by atoms with E-state index >= 15 is 0 Å². The van der Waals surface area contributed by atoms with Gasteiger partial charge in [0, 0.05) is 6.54 Å². The fourth-order valence-electron chi connectivity index (χ4n) is 1.66. The molecule has 0 radical (unpaired) electrons. The van der Waals surface area contributed by atoms with Gasteiger partial charge in [0.15, 0.2) is 0 Å².